The minimum Gasteiger partial charge on any atom is -0.391 e. The van der Waals surface area contributed by atoms with Crippen LogP contribution in [0.5, 0.6) is 0 Å². The lowest BCUT2D eigenvalue weighted by atomic mass is 9.92. The minimum atomic E-state index is -0.318. The van der Waals surface area contributed by atoms with Crippen LogP contribution in [0.15, 0.2) is 30.7 Å². The number of H-pyrrole nitrogens is 1. The summed E-state index contributed by atoms with van der Waals surface area (Å²) in [6.07, 6.45) is 8.46. The van der Waals surface area contributed by atoms with Crippen molar-refractivity contribution >= 4 is 27.8 Å². The molecule has 4 aromatic heterocycles. The zero-order chi connectivity index (χ0) is 22.0. The molecule has 2 fully saturated rings. The van der Waals surface area contributed by atoms with Crippen molar-refractivity contribution in [3.63, 3.8) is 0 Å². The molecule has 32 heavy (non-hydrogen) atoms. The Balaban J connectivity index is 1.59. The summed E-state index contributed by atoms with van der Waals surface area (Å²) < 4.78 is 0. The van der Waals surface area contributed by atoms with Crippen LogP contribution in [0.2, 0.25) is 0 Å². The number of fused-ring (bicyclic) bond motifs is 2. The average molecular weight is 429 g/mol. The van der Waals surface area contributed by atoms with Crippen LogP contribution >= 0.6 is 0 Å². The number of aliphatic hydroxyl groups excluding tert-OH is 1. The first-order valence-electron chi connectivity index (χ1n) is 11.5. The highest BCUT2D eigenvalue weighted by Gasteiger charge is 2.31. The van der Waals surface area contributed by atoms with E-state index in [1.807, 2.05) is 24.7 Å². The number of aliphatic hydroxyl groups is 1. The molecule has 7 nitrogen and oxygen atoms in total. The summed E-state index contributed by atoms with van der Waals surface area (Å²) >= 11 is 0. The fraction of sp³-hybridized carbons (Fsp3) is 0.440. The number of hydrogen-bond donors (Lipinski definition) is 2. The number of aromatic nitrogens is 5. The zero-order valence-electron chi connectivity index (χ0n) is 18.8. The van der Waals surface area contributed by atoms with Crippen LogP contribution in [-0.2, 0) is 5.41 Å². The third-order valence-electron chi connectivity index (χ3n) is 6.68. The standard InChI is InChI=1S/C25H28N6O/c1-25(2,3)20-10-17-16(6-8-27-22(17)29-20)23-28-19-12-26-11-18(14-4-5-14)21(19)24(30-23)31-9-7-15(32)13-31/h6,8,10-12,14-15,32H,4-5,7,9,13H2,1-3H3,(H,27,29)/t15-/m1/s1. The lowest BCUT2D eigenvalue weighted by molar-refractivity contribution is 0.198. The van der Waals surface area contributed by atoms with Gasteiger partial charge in [-0.1, -0.05) is 20.8 Å². The van der Waals surface area contributed by atoms with Crippen LogP contribution in [0.25, 0.3) is 33.3 Å². The number of nitrogens with one attached hydrogen (secondary N) is 1. The summed E-state index contributed by atoms with van der Waals surface area (Å²) in [6, 6.07) is 4.16. The molecular weight excluding hydrogens is 400 g/mol. The van der Waals surface area contributed by atoms with E-state index in [9.17, 15) is 5.11 Å². The first-order valence-corrected chi connectivity index (χ1v) is 11.5. The molecule has 1 aliphatic carbocycles. The van der Waals surface area contributed by atoms with Gasteiger partial charge in [0.1, 0.15) is 11.5 Å². The van der Waals surface area contributed by atoms with E-state index in [0.717, 1.165) is 52.0 Å². The Hall–Kier alpha value is -3.06. The third kappa shape index (κ3) is 3.23. The molecule has 0 bridgehead atoms. The van der Waals surface area contributed by atoms with Crippen molar-refractivity contribution in [3.8, 4) is 11.4 Å². The van der Waals surface area contributed by atoms with Crippen LogP contribution < -0.4 is 4.90 Å². The Morgan fingerprint density at radius 3 is 2.69 bits per heavy atom. The van der Waals surface area contributed by atoms with Crippen molar-refractivity contribution in [1.82, 2.24) is 24.9 Å². The second-order valence-corrected chi connectivity index (χ2v) is 10.2. The molecule has 0 unspecified atom stereocenters. The maximum absolute atomic E-state index is 10.2. The highest BCUT2D eigenvalue weighted by Crippen LogP contribution is 2.45. The maximum atomic E-state index is 10.2. The molecule has 0 aromatic carbocycles. The van der Waals surface area contributed by atoms with Gasteiger partial charge in [-0.3, -0.25) is 4.98 Å². The molecule has 2 N–H and O–H groups in total. The molecule has 0 amide bonds. The van der Waals surface area contributed by atoms with Gasteiger partial charge in [-0.15, -0.1) is 0 Å². The van der Waals surface area contributed by atoms with E-state index in [2.05, 4.69) is 46.7 Å². The molecule has 1 aliphatic heterocycles. The Bertz CT molecular complexity index is 1330. The highest BCUT2D eigenvalue weighted by atomic mass is 16.3. The van der Waals surface area contributed by atoms with Gasteiger partial charge in [0.05, 0.1) is 17.8 Å². The quantitative estimate of drug-likeness (QED) is 0.505. The van der Waals surface area contributed by atoms with Crippen molar-refractivity contribution in [1.29, 1.82) is 0 Å². The predicted octanol–water partition coefficient (Wildman–Crippen LogP) is 4.31. The SMILES string of the molecule is CC(C)(C)c1cc2c(-c3nc(N4CC[C@@H](O)C4)c4c(C5CC5)cncc4n3)ccnc2[nH]1. The van der Waals surface area contributed by atoms with E-state index in [1.54, 1.807) is 0 Å². The van der Waals surface area contributed by atoms with Crippen molar-refractivity contribution in [3.05, 3.63) is 42.0 Å². The monoisotopic (exact) mass is 428 g/mol. The van der Waals surface area contributed by atoms with Crippen molar-refractivity contribution in [2.24, 2.45) is 0 Å². The van der Waals surface area contributed by atoms with Gasteiger partial charge in [0.15, 0.2) is 5.82 Å². The minimum absolute atomic E-state index is 0.0118. The first-order chi connectivity index (χ1) is 15.4. The average Bonchev–Trinajstić information content (AvgIpc) is 3.35. The fourth-order valence-corrected chi connectivity index (χ4v) is 4.70. The summed E-state index contributed by atoms with van der Waals surface area (Å²) in [4.78, 5) is 24.8. The Morgan fingerprint density at radius 2 is 1.97 bits per heavy atom. The van der Waals surface area contributed by atoms with Gasteiger partial charge >= 0.3 is 0 Å². The molecule has 1 atom stereocenters. The number of rotatable bonds is 3. The third-order valence-corrected chi connectivity index (χ3v) is 6.68. The van der Waals surface area contributed by atoms with E-state index in [-0.39, 0.29) is 11.5 Å². The summed E-state index contributed by atoms with van der Waals surface area (Å²) in [5.41, 5.74) is 5.03. The van der Waals surface area contributed by atoms with E-state index in [1.165, 1.54) is 18.4 Å². The smallest absolute Gasteiger partial charge is 0.163 e. The molecule has 7 heteroatoms. The van der Waals surface area contributed by atoms with Crippen molar-refractivity contribution in [2.75, 3.05) is 18.0 Å². The Labute approximate surface area is 186 Å². The van der Waals surface area contributed by atoms with Crippen LogP contribution in [0.4, 0.5) is 5.82 Å². The van der Waals surface area contributed by atoms with Gasteiger partial charge in [-0.25, -0.2) is 15.0 Å². The van der Waals surface area contributed by atoms with Crippen LogP contribution in [-0.4, -0.2) is 49.2 Å². The molecule has 6 rings (SSSR count). The van der Waals surface area contributed by atoms with Crippen LogP contribution in [0, 0.1) is 0 Å². The molecule has 4 aromatic rings. The summed E-state index contributed by atoms with van der Waals surface area (Å²) in [5.74, 6) is 2.14. The number of pyridine rings is 2. The lowest BCUT2D eigenvalue weighted by Crippen LogP contribution is -2.23. The van der Waals surface area contributed by atoms with E-state index in [0.29, 0.717) is 18.3 Å². The van der Waals surface area contributed by atoms with Gasteiger partial charge < -0.3 is 15.0 Å². The fourth-order valence-electron chi connectivity index (χ4n) is 4.70. The molecule has 1 saturated carbocycles. The summed E-state index contributed by atoms with van der Waals surface area (Å²) in [6.45, 7) is 7.95. The van der Waals surface area contributed by atoms with E-state index < -0.39 is 0 Å². The molecule has 164 valence electrons. The number of β-amino-alcohol motifs (C(OH)–C–C–N with tert-alkyl or cyclic N) is 1. The molecule has 2 aliphatic rings. The number of nitrogens with zero attached hydrogens (tertiary/aromatic N) is 5. The van der Waals surface area contributed by atoms with Gasteiger partial charge in [0.25, 0.3) is 0 Å². The number of anilines is 1. The Morgan fingerprint density at radius 1 is 1.12 bits per heavy atom. The van der Waals surface area contributed by atoms with Gasteiger partial charge in [-0.2, -0.15) is 0 Å². The lowest BCUT2D eigenvalue weighted by Gasteiger charge is -2.21. The largest absolute Gasteiger partial charge is 0.391 e. The highest BCUT2D eigenvalue weighted by molar-refractivity contribution is 5.97. The zero-order valence-corrected chi connectivity index (χ0v) is 18.8. The predicted molar refractivity (Wildman–Crippen MR) is 126 cm³/mol. The molecule has 0 spiro atoms. The van der Waals surface area contributed by atoms with Gasteiger partial charge in [0.2, 0.25) is 0 Å². The van der Waals surface area contributed by atoms with E-state index in [4.69, 9.17) is 9.97 Å². The van der Waals surface area contributed by atoms with Gasteiger partial charge in [0, 0.05) is 52.9 Å². The van der Waals surface area contributed by atoms with Gasteiger partial charge in [-0.05, 0) is 42.9 Å². The maximum Gasteiger partial charge on any atom is 0.163 e. The number of aromatic amines is 1. The van der Waals surface area contributed by atoms with E-state index >= 15 is 0 Å². The summed E-state index contributed by atoms with van der Waals surface area (Å²) in [5, 5.41) is 12.3. The normalized spacial score (nSPS) is 19.4. The molecule has 0 radical (unpaired) electrons. The van der Waals surface area contributed by atoms with Crippen LogP contribution in [0.3, 0.4) is 0 Å². The van der Waals surface area contributed by atoms with Crippen molar-refractivity contribution in [2.45, 2.75) is 57.5 Å². The Kier molecular flexibility index (Phi) is 4.27. The molecular formula is C25H28N6O. The molecule has 1 saturated heterocycles. The van der Waals surface area contributed by atoms with Crippen molar-refractivity contribution < 1.29 is 5.11 Å². The summed E-state index contributed by atoms with van der Waals surface area (Å²) in [7, 11) is 0. The van der Waals surface area contributed by atoms with Crippen LogP contribution in [0.1, 0.15) is 57.2 Å². The second-order valence-electron chi connectivity index (χ2n) is 10.2. The second kappa shape index (κ2) is 6.97. The number of hydrogen-bond acceptors (Lipinski definition) is 6. The molecule has 5 heterocycles. The topological polar surface area (TPSA) is 90.8 Å². The first kappa shape index (κ1) is 19.6.